The lowest BCUT2D eigenvalue weighted by atomic mass is 9.93. The van der Waals surface area contributed by atoms with Gasteiger partial charge in [0.2, 0.25) is 0 Å². The summed E-state index contributed by atoms with van der Waals surface area (Å²) in [6.45, 7) is 10.9. The monoisotopic (exact) mass is 480 g/mol. The summed E-state index contributed by atoms with van der Waals surface area (Å²) in [7, 11) is 0. The summed E-state index contributed by atoms with van der Waals surface area (Å²) < 4.78 is 0. The Labute approximate surface area is 206 Å². The van der Waals surface area contributed by atoms with Crippen molar-refractivity contribution in [1.82, 2.24) is 9.97 Å². The van der Waals surface area contributed by atoms with Gasteiger partial charge in [-0.15, -0.1) is 11.6 Å². The molecule has 0 fully saturated rings. The van der Waals surface area contributed by atoms with E-state index in [1.165, 1.54) is 0 Å². The number of alkyl halides is 1. The molecule has 4 aromatic rings. The Morgan fingerprint density at radius 2 is 1.12 bits per heavy atom. The highest BCUT2D eigenvalue weighted by Crippen LogP contribution is 2.30. The van der Waals surface area contributed by atoms with Gasteiger partial charge < -0.3 is 15.3 Å². The van der Waals surface area contributed by atoms with Gasteiger partial charge in [0.25, 0.3) is 0 Å². The topological polar surface area (TPSA) is 86.5 Å². The SMILES string of the molecule is Cc1cnc2c(C(C)(C)O)cc(CCl)cc2c1.Cc1cnc2c(C(C)(C)O)cc(CO)cc2c1. The Morgan fingerprint density at radius 1 is 0.706 bits per heavy atom. The van der Waals surface area contributed by atoms with E-state index in [4.69, 9.17) is 11.6 Å². The van der Waals surface area contributed by atoms with E-state index in [2.05, 4.69) is 16.0 Å². The maximum absolute atomic E-state index is 10.2. The first-order valence-electron chi connectivity index (χ1n) is 11.2. The first kappa shape index (κ1) is 26.0. The number of aliphatic hydroxyl groups is 3. The van der Waals surface area contributed by atoms with Crippen LogP contribution in [0.2, 0.25) is 0 Å². The average molecular weight is 481 g/mol. The van der Waals surface area contributed by atoms with E-state index < -0.39 is 11.2 Å². The van der Waals surface area contributed by atoms with Crippen molar-refractivity contribution in [2.75, 3.05) is 0 Å². The highest BCUT2D eigenvalue weighted by atomic mass is 35.5. The number of aryl methyl sites for hydroxylation is 2. The Morgan fingerprint density at radius 3 is 1.50 bits per heavy atom. The van der Waals surface area contributed by atoms with Gasteiger partial charge in [0.15, 0.2) is 0 Å². The number of hydrogen-bond donors (Lipinski definition) is 3. The highest BCUT2D eigenvalue weighted by Gasteiger charge is 2.21. The minimum absolute atomic E-state index is 0.0348. The standard InChI is InChI=1S/C14H16ClNO.C14H17NO2/c1-9-4-11-5-10(7-15)6-12(14(2,3)17)13(11)16-8-9;1-9-4-11-5-10(8-16)6-12(14(2,3)17)13(11)15-7-9/h4-6,8,17H,7H2,1-3H3;4-7,16-17H,8H2,1-3H3. The number of benzene rings is 2. The highest BCUT2D eigenvalue weighted by molar-refractivity contribution is 6.17. The lowest BCUT2D eigenvalue weighted by Crippen LogP contribution is -2.17. The van der Waals surface area contributed by atoms with E-state index in [-0.39, 0.29) is 6.61 Å². The van der Waals surface area contributed by atoms with Crippen LogP contribution in [-0.4, -0.2) is 25.3 Å². The van der Waals surface area contributed by atoms with Crippen LogP contribution >= 0.6 is 11.6 Å². The van der Waals surface area contributed by atoms with Crippen LogP contribution in [0.25, 0.3) is 21.8 Å². The molecule has 0 aliphatic rings. The van der Waals surface area contributed by atoms with E-state index in [0.717, 1.165) is 55.2 Å². The predicted octanol–water partition coefficient (Wildman–Crippen LogP) is 5.77. The van der Waals surface area contributed by atoms with Gasteiger partial charge in [0.05, 0.1) is 28.8 Å². The van der Waals surface area contributed by atoms with Gasteiger partial charge in [-0.3, -0.25) is 9.97 Å². The summed E-state index contributed by atoms with van der Waals surface area (Å²) >= 11 is 5.89. The van der Waals surface area contributed by atoms with Gasteiger partial charge >= 0.3 is 0 Å². The summed E-state index contributed by atoms with van der Waals surface area (Å²) in [5.41, 5.74) is 5.29. The predicted molar refractivity (Wildman–Crippen MR) is 139 cm³/mol. The molecule has 0 bridgehead atoms. The zero-order valence-electron chi connectivity index (χ0n) is 20.6. The number of pyridine rings is 2. The molecule has 0 atom stereocenters. The van der Waals surface area contributed by atoms with Gasteiger partial charge in [0, 0.05) is 40.2 Å². The molecule has 4 rings (SSSR count). The molecule has 0 radical (unpaired) electrons. The van der Waals surface area contributed by atoms with Gasteiger partial charge in [0.1, 0.15) is 0 Å². The van der Waals surface area contributed by atoms with Crippen LogP contribution in [0.15, 0.2) is 48.8 Å². The number of hydrogen-bond acceptors (Lipinski definition) is 5. The number of rotatable bonds is 4. The maximum atomic E-state index is 10.2. The number of aliphatic hydroxyl groups excluding tert-OH is 1. The fraction of sp³-hybridized carbons (Fsp3) is 0.357. The summed E-state index contributed by atoms with van der Waals surface area (Å²) in [5, 5.41) is 31.6. The Hall–Kier alpha value is -2.57. The van der Waals surface area contributed by atoms with Crippen molar-refractivity contribution >= 4 is 33.4 Å². The molecule has 5 nitrogen and oxygen atoms in total. The van der Waals surface area contributed by atoms with E-state index in [1.54, 1.807) is 33.9 Å². The summed E-state index contributed by atoms with van der Waals surface area (Å²) in [4.78, 5) is 8.80. The second kappa shape index (κ2) is 9.96. The van der Waals surface area contributed by atoms with Gasteiger partial charge in [-0.2, -0.15) is 0 Å². The summed E-state index contributed by atoms with van der Waals surface area (Å²) in [5.74, 6) is 0.437. The van der Waals surface area contributed by atoms with Crippen LogP contribution < -0.4 is 0 Å². The molecule has 0 aliphatic heterocycles. The molecule has 0 aliphatic carbocycles. The van der Waals surface area contributed by atoms with Crippen LogP contribution in [0, 0.1) is 13.8 Å². The van der Waals surface area contributed by atoms with Crippen molar-refractivity contribution in [3.63, 3.8) is 0 Å². The van der Waals surface area contributed by atoms with E-state index in [0.29, 0.717) is 5.88 Å². The largest absolute Gasteiger partial charge is 0.392 e. The van der Waals surface area contributed by atoms with Crippen molar-refractivity contribution in [3.8, 4) is 0 Å². The molecular weight excluding hydrogens is 448 g/mol. The van der Waals surface area contributed by atoms with E-state index >= 15 is 0 Å². The first-order chi connectivity index (χ1) is 15.8. The van der Waals surface area contributed by atoms with Gasteiger partial charge in [-0.1, -0.05) is 0 Å². The van der Waals surface area contributed by atoms with Crippen molar-refractivity contribution < 1.29 is 15.3 Å². The maximum Gasteiger partial charge on any atom is 0.0861 e. The van der Waals surface area contributed by atoms with E-state index in [1.807, 2.05) is 50.4 Å². The molecule has 0 saturated heterocycles. The van der Waals surface area contributed by atoms with Crippen LogP contribution in [0.1, 0.15) is 61.1 Å². The molecule has 0 unspecified atom stereocenters. The van der Waals surface area contributed by atoms with Crippen molar-refractivity contribution in [3.05, 3.63) is 82.2 Å². The molecule has 34 heavy (non-hydrogen) atoms. The quantitative estimate of drug-likeness (QED) is 0.323. The average Bonchev–Trinajstić information content (AvgIpc) is 2.76. The third-order valence-corrected chi connectivity index (χ3v) is 5.92. The number of nitrogens with zero attached hydrogens (tertiary/aromatic N) is 2. The lowest BCUT2D eigenvalue weighted by molar-refractivity contribution is 0.0793. The Bertz CT molecular complexity index is 1220. The third-order valence-electron chi connectivity index (χ3n) is 5.61. The molecule has 3 N–H and O–H groups in total. The summed E-state index contributed by atoms with van der Waals surface area (Å²) in [6, 6.07) is 11.7. The van der Waals surface area contributed by atoms with Crippen molar-refractivity contribution in [2.24, 2.45) is 0 Å². The Kier molecular flexibility index (Phi) is 7.63. The molecule has 6 heteroatoms. The third kappa shape index (κ3) is 5.91. The van der Waals surface area contributed by atoms with E-state index in [9.17, 15) is 15.3 Å². The fourth-order valence-electron chi connectivity index (χ4n) is 3.95. The van der Waals surface area contributed by atoms with Crippen molar-refractivity contribution in [1.29, 1.82) is 0 Å². The summed E-state index contributed by atoms with van der Waals surface area (Å²) in [6.07, 6.45) is 3.61. The van der Waals surface area contributed by atoms with Crippen LogP contribution in [0.3, 0.4) is 0 Å². The number of halogens is 1. The number of aromatic nitrogens is 2. The van der Waals surface area contributed by atoms with Crippen molar-refractivity contribution in [2.45, 2.75) is 65.2 Å². The van der Waals surface area contributed by atoms with Gasteiger partial charge in [-0.05, 0) is 100 Å². The molecule has 0 saturated carbocycles. The van der Waals surface area contributed by atoms with Crippen LogP contribution in [0.4, 0.5) is 0 Å². The molecule has 180 valence electrons. The van der Waals surface area contributed by atoms with Gasteiger partial charge in [-0.25, -0.2) is 0 Å². The fourth-order valence-corrected chi connectivity index (χ4v) is 4.10. The zero-order chi connectivity index (χ0) is 25.3. The molecule has 0 spiro atoms. The molecule has 2 aromatic heterocycles. The molecule has 2 aromatic carbocycles. The molecular formula is C28H33ClN2O3. The second-order valence-corrected chi connectivity index (χ2v) is 10.1. The van der Waals surface area contributed by atoms with Crippen LogP contribution in [0.5, 0.6) is 0 Å². The lowest BCUT2D eigenvalue weighted by Gasteiger charge is -2.20. The first-order valence-corrected chi connectivity index (χ1v) is 11.8. The minimum Gasteiger partial charge on any atom is -0.392 e. The number of fused-ring (bicyclic) bond motifs is 2. The molecule has 2 heterocycles. The second-order valence-electron chi connectivity index (χ2n) is 9.87. The minimum atomic E-state index is -0.967. The zero-order valence-corrected chi connectivity index (χ0v) is 21.4. The van der Waals surface area contributed by atoms with Crippen LogP contribution in [-0.2, 0) is 23.7 Å². The smallest absolute Gasteiger partial charge is 0.0861 e. The molecule has 0 amide bonds. The normalized spacial score (nSPS) is 12.1. The Balaban J connectivity index is 0.000000191.